The SMILES string of the molecule is COc1cc(C)c2[nH]ccc2c1CN1CCN(CC(F)F)C[C@H]1c1ccc(C(=O)O)c(CO)c1. The molecular formula is C25H29F2N3O4. The van der Waals surface area contributed by atoms with Gasteiger partial charge in [-0.15, -0.1) is 0 Å². The number of aromatic amines is 1. The zero-order valence-electron chi connectivity index (χ0n) is 19.2. The zero-order valence-corrected chi connectivity index (χ0v) is 19.2. The number of piperazine rings is 1. The molecule has 0 unspecified atom stereocenters. The highest BCUT2D eigenvalue weighted by Gasteiger charge is 2.31. The molecule has 9 heteroatoms. The average Bonchev–Trinajstić information content (AvgIpc) is 3.31. The molecule has 1 atom stereocenters. The number of halogens is 2. The summed E-state index contributed by atoms with van der Waals surface area (Å²) >= 11 is 0. The number of ether oxygens (including phenoxy) is 1. The molecule has 182 valence electrons. The second-order valence-corrected chi connectivity index (χ2v) is 8.66. The van der Waals surface area contributed by atoms with Crippen LogP contribution in [0.25, 0.3) is 10.9 Å². The van der Waals surface area contributed by atoms with Gasteiger partial charge in [-0.2, -0.15) is 0 Å². The Kier molecular flexibility index (Phi) is 7.16. The van der Waals surface area contributed by atoms with Gasteiger partial charge < -0.3 is 19.9 Å². The third-order valence-corrected chi connectivity index (χ3v) is 6.58. The van der Waals surface area contributed by atoms with E-state index in [1.807, 2.05) is 25.3 Å². The number of rotatable bonds is 8. The van der Waals surface area contributed by atoms with Gasteiger partial charge in [-0.1, -0.05) is 12.1 Å². The maximum atomic E-state index is 13.2. The Morgan fingerprint density at radius 1 is 1.26 bits per heavy atom. The van der Waals surface area contributed by atoms with Crippen molar-refractivity contribution < 1.29 is 28.5 Å². The monoisotopic (exact) mass is 473 g/mol. The maximum Gasteiger partial charge on any atom is 0.336 e. The molecule has 0 amide bonds. The number of aliphatic hydroxyl groups excluding tert-OH is 1. The summed E-state index contributed by atoms with van der Waals surface area (Å²) in [7, 11) is 1.63. The van der Waals surface area contributed by atoms with Crippen LogP contribution >= 0.6 is 0 Å². The van der Waals surface area contributed by atoms with Gasteiger partial charge in [-0.3, -0.25) is 9.80 Å². The van der Waals surface area contributed by atoms with Crippen LogP contribution in [-0.2, 0) is 13.2 Å². The number of nitrogens with one attached hydrogen (secondary N) is 1. The van der Waals surface area contributed by atoms with E-state index in [0.717, 1.165) is 33.3 Å². The van der Waals surface area contributed by atoms with E-state index in [4.69, 9.17) is 4.74 Å². The van der Waals surface area contributed by atoms with E-state index in [9.17, 15) is 23.8 Å². The molecule has 34 heavy (non-hydrogen) atoms. The second kappa shape index (κ2) is 10.1. The Balaban J connectivity index is 1.73. The number of fused-ring (bicyclic) bond motifs is 1. The predicted octanol–water partition coefficient (Wildman–Crippen LogP) is 3.80. The number of alkyl halides is 2. The van der Waals surface area contributed by atoms with E-state index in [0.29, 0.717) is 31.7 Å². The van der Waals surface area contributed by atoms with Gasteiger partial charge >= 0.3 is 5.97 Å². The summed E-state index contributed by atoms with van der Waals surface area (Å²) < 4.78 is 32.0. The summed E-state index contributed by atoms with van der Waals surface area (Å²) in [6, 6.07) is 8.59. The van der Waals surface area contributed by atoms with Gasteiger partial charge in [0.05, 0.1) is 25.8 Å². The molecule has 1 saturated heterocycles. The lowest BCUT2D eigenvalue weighted by molar-refractivity contribution is 0.0245. The van der Waals surface area contributed by atoms with Gasteiger partial charge in [0.25, 0.3) is 6.43 Å². The van der Waals surface area contributed by atoms with E-state index < -0.39 is 19.0 Å². The Morgan fingerprint density at radius 3 is 2.74 bits per heavy atom. The predicted molar refractivity (Wildman–Crippen MR) is 125 cm³/mol. The number of methoxy groups -OCH3 is 1. The minimum atomic E-state index is -2.44. The van der Waals surface area contributed by atoms with Crippen molar-refractivity contribution >= 4 is 16.9 Å². The van der Waals surface area contributed by atoms with Gasteiger partial charge in [-0.25, -0.2) is 13.6 Å². The number of carboxylic acid groups (broad SMARTS) is 1. The largest absolute Gasteiger partial charge is 0.496 e. The summed E-state index contributed by atoms with van der Waals surface area (Å²) in [5.74, 6) is -0.356. The van der Waals surface area contributed by atoms with Crippen LogP contribution in [-0.4, -0.2) is 70.7 Å². The summed E-state index contributed by atoms with van der Waals surface area (Å²) in [5.41, 5.74) is 4.21. The minimum absolute atomic E-state index is 0.0345. The van der Waals surface area contributed by atoms with Crippen molar-refractivity contribution in [3.63, 3.8) is 0 Å². The first kappa shape index (κ1) is 24.1. The Labute approximate surface area is 196 Å². The maximum absolute atomic E-state index is 13.2. The number of benzene rings is 2. The number of hydrogen-bond donors (Lipinski definition) is 3. The topological polar surface area (TPSA) is 89.0 Å². The third kappa shape index (κ3) is 4.77. The Morgan fingerprint density at radius 2 is 2.06 bits per heavy atom. The Hall–Kier alpha value is -3.01. The number of aryl methyl sites for hydroxylation is 1. The summed E-state index contributed by atoms with van der Waals surface area (Å²) in [6.07, 6.45) is -0.553. The lowest BCUT2D eigenvalue weighted by atomic mass is 9.96. The van der Waals surface area contributed by atoms with Crippen LogP contribution in [0.3, 0.4) is 0 Å². The molecule has 1 aromatic heterocycles. The second-order valence-electron chi connectivity index (χ2n) is 8.66. The molecule has 7 nitrogen and oxygen atoms in total. The van der Waals surface area contributed by atoms with Crippen LogP contribution < -0.4 is 4.74 Å². The van der Waals surface area contributed by atoms with Crippen molar-refractivity contribution in [2.45, 2.75) is 32.5 Å². The summed E-state index contributed by atoms with van der Waals surface area (Å²) in [4.78, 5) is 18.7. The number of nitrogens with zero attached hydrogens (tertiary/aromatic N) is 2. The van der Waals surface area contributed by atoms with Crippen LogP contribution in [0.15, 0.2) is 36.5 Å². The van der Waals surface area contributed by atoms with Crippen LogP contribution in [0, 0.1) is 6.92 Å². The van der Waals surface area contributed by atoms with Crippen molar-refractivity contribution in [3.05, 3.63) is 64.3 Å². The van der Waals surface area contributed by atoms with Gasteiger partial charge in [-0.05, 0) is 41.8 Å². The van der Waals surface area contributed by atoms with Gasteiger partial charge in [0.1, 0.15) is 5.75 Å². The fraction of sp³-hybridized carbons (Fsp3) is 0.400. The lowest BCUT2D eigenvalue weighted by Crippen LogP contribution is -2.49. The fourth-order valence-electron chi connectivity index (χ4n) is 4.89. The van der Waals surface area contributed by atoms with Crippen molar-refractivity contribution in [1.29, 1.82) is 0 Å². The molecule has 0 aliphatic carbocycles. The zero-order chi connectivity index (χ0) is 24.4. The molecule has 1 aliphatic heterocycles. The smallest absolute Gasteiger partial charge is 0.336 e. The highest BCUT2D eigenvalue weighted by atomic mass is 19.3. The lowest BCUT2D eigenvalue weighted by Gasteiger charge is -2.42. The molecule has 4 rings (SSSR count). The van der Waals surface area contributed by atoms with E-state index in [1.165, 1.54) is 6.07 Å². The number of carboxylic acids is 1. The molecular weight excluding hydrogens is 444 g/mol. The average molecular weight is 474 g/mol. The van der Waals surface area contributed by atoms with Crippen molar-refractivity contribution in [2.75, 3.05) is 33.3 Å². The first-order valence-electron chi connectivity index (χ1n) is 11.2. The molecule has 2 aromatic carbocycles. The number of hydrogen-bond acceptors (Lipinski definition) is 5. The third-order valence-electron chi connectivity index (χ3n) is 6.58. The first-order chi connectivity index (χ1) is 16.3. The molecule has 1 fully saturated rings. The van der Waals surface area contributed by atoms with Crippen LogP contribution in [0.2, 0.25) is 0 Å². The van der Waals surface area contributed by atoms with Crippen molar-refractivity contribution in [3.8, 4) is 5.75 Å². The summed E-state index contributed by atoms with van der Waals surface area (Å²) in [5, 5.41) is 20.2. The molecule has 0 bridgehead atoms. The molecule has 3 aromatic rings. The molecule has 0 saturated carbocycles. The normalized spacial score (nSPS) is 17.5. The van der Waals surface area contributed by atoms with Crippen molar-refractivity contribution in [1.82, 2.24) is 14.8 Å². The van der Waals surface area contributed by atoms with Gasteiger partial charge in [0.2, 0.25) is 0 Å². The standard InChI is InChI=1S/C25H29F2N3O4/c1-15-9-22(34-2)20(19-5-6-28-24(15)19)11-30-8-7-29(13-23(26)27)12-21(30)16-3-4-18(25(32)33)17(10-16)14-31/h3-6,9-10,21,23,28,31H,7-8,11-14H2,1-2H3,(H,32,33)/t21-/m0/s1. The molecule has 2 heterocycles. The van der Waals surface area contributed by atoms with E-state index >= 15 is 0 Å². The number of H-pyrrole nitrogens is 1. The van der Waals surface area contributed by atoms with E-state index in [2.05, 4.69) is 9.88 Å². The fourth-order valence-corrected chi connectivity index (χ4v) is 4.89. The number of aliphatic hydroxyl groups is 1. The highest BCUT2D eigenvalue weighted by Crippen LogP contribution is 2.35. The van der Waals surface area contributed by atoms with Crippen molar-refractivity contribution in [2.24, 2.45) is 0 Å². The first-order valence-corrected chi connectivity index (χ1v) is 11.2. The molecule has 3 N–H and O–H groups in total. The summed E-state index contributed by atoms with van der Waals surface area (Å²) in [6.45, 7) is 3.21. The minimum Gasteiger partial charge on any atom is -0.496 e. The van der Waals surface area contributed by atoms with Crippen LogP contribution in [0.1, 0.15) is 38.7 Å². The van der Waals surface area contributed by atoms with Gasteiger partial charge in [0, 0.05) is 54.9 Å². The number of carbonyl (C=O) groups is 1. The highest BCUT2D eigenvalue weighted by molar-refractivity contribution is 5.89. The Bertz CT molecular complexity index is 1180. The number of aromatic carboxylic acids is 1. The quantitative estimate of drug-likeness (QED) is 0.461. The van der Waals surface area contributed by atoms with E-state index in [-0.39, 0.29) is 18.2 Å². The van der Waals surface area contributed by atoms with Crippen LogP contribution in [0.4, 0.5) is 8.78 Å². The molecule has 0 spiro atoms. The van der Waals surface area contributed by atoms with Gasteiger partial charge in [0.15, 0.2) is 0 Å². The van der Waals surface area contributed by atoms with E-state index in [1.54, 1.807) is 24.1 Å². The van der Waals surface area contributed by atoms with Crippen LogP contribution in [0.5, 0.6) is 5.75 Å². The molecule has 0 radical (unpaired) electrons. The molecule has 1 aliphatic rings. The number of aromatic nitrogens is 1.